The Labute approximate surface area is 175 Å². The standard InChI is InChI=1S/C20H20F4N4O3/c21-15-2-1-3-16(22)18(15)19(29)27-6-8-28(9-7-27)20(30)26-11-13-10-14(4-5-25-13)31-12-17(23)24/h1-5,10,17H,6-9,11-12H2,(H,26,30). The van der Waals surface area contributed by atoms with Gasteiger partial charge in [-0.1, -0.05) is 6.07 Å². The van der Waals surface area contributed by atoms with E-state index in [2.05, 4.69) is 10.3 Å². The van der Waals surface area contributed by atoms with Crippen molar-refractivity contribution in [3.8, 4) is 5.75 Å². The molecule has 0 unspecified atom stereocenters. The van der Waals surface area contributed by atoms with Crippen LogP contribution in [0.3, 0.4) is 0 Å². The number of nitrogens with zero attached hydrogens (tertiary/aromatic N) is 3. The fourth-order valence-electron chi connectivity index (χ4n) is 3.05. The number of hydrogen-bond acceptors (Lipinski definition) is 4. The first kappa shape index (κ1) is 22.3. The minimum absolute atomic E-state index is 0.0459. The lowest BCUT2D eigenvalue weighted by atomic mass is 10.1. The van der Waals surface area contributed by atoms with Crippen molar-refractivity contribution in [1.29, 1.82) is 0 Å². The molecule has 166 valence electrons. The molecule has 1 fully saturated rings. The van der Waals surface area contributed by atoms with Crippen molar-refractivity contribution in [3.63, 3.8) is 0 Å². The third-order valence-electron chi connectivity index (χ3n) is 4.62. The largest absolute Gasteiger partial charge is 0.488 e. The molecule has 3 amide bonds. The summed E-state index contributed by atoms with van der Waals surface area (Å²) in [4.78, 5) is 31.6. The van der Waals surface area contributed by atoms with Crippen LogP contribution in [0.1, 0.15) is 16.1 Å². The van der Waals surface area contributed by atoms with Crippen molar-refractivity contribution in [2.45, 2.75) is 13.0 Å². The fraction of sp³-hybridized carbons (Fsp3) is 0.350. The van der Waals surface area contributed by atoms with Gasteiger partial charge in [-0.15, -0.1) is 0 Å². The zero-order valence-corrected chi connectivity index (χ0v) is 16.4. The number of carbonyl (C=O) groups is 2. The third kappa shape index (κ3) is 5.83. The Kier molecular flexibility index (Phi) is 7.27. The molecular weight excluding hydrogens is 420 g/mol. The molecule has 3 rings (SSSR count). The van der Waals surface area contributed by atoms with Crippen molar-refractivity contribution in [3.05, 3.63) is 59.4 Å². The van der Waals surface area contributed by atoms with E-state index in [-0.39, 0.29) is 38.5 Å². The topological polar surface area (TPSA) is 74.8 Å². The normalized spacial score (nSPS) is 14.0. The van der Waals surface area contributed by atoms with Crippen molar-refractivity contribution in [1.82, 2.24) is 20.1 Å². The second-order valence-corrected chi connectivity index (χ2v) is 6.72. The first-order valence-corrected chi connectivity index (χ1v) is 9.47. The molecule has 1 aliphatic rings. The average molecular weight is 440 g/mol. The van der Waals surface area contributed by atoms with Crippen molar-refractivity contribution in [2.75, 3.05) is 32.8 Å². The first-order chi connectivity index (χ1) is 14.8. The van der Waals surface area contributed by atoms with Crippen LogP contribution in [0.15, 0.2) is 36.5 Å². The number of rotatable bonds is 6. The summed E-state index contributed by atoms with van der Waals surface area (Å²) in [6.07, 6.45) is -1.22. The number of nitrogens with one attached hydrogen (secondary N) is 1. The van der Waals surface area contributed by atoms with E-state index < -0.39 is 42.2 Å². The summed E-state index contributed by atoms with van der Waals surface area (Å²) >= 11 is 0. The van der Waals surface area contributed by atoms with Crippen molar-refractivity contribution in [2.24, 2.45) is 0 Å². The van der Waals surface area contributed by atoms with Gasteiger partial charge in [-0.05, 0) is 18.2 Å². The SMILES string of the molecule is O=C(NCc1cc(OCC(F)F)ccn1)N1CCN(C(=O)c2c(F)cccc2F)CC1. The van der Waals surface area contributed by atoms with Gasteiger partial charge in [0.1, 0.15) is 29.6 Å². The highest BCUT2D eigenvalue weighted by molar-refractivity contribution is 5.95. The highest BCUT2D eigenvalue weighted by Gasteiger charge is 2.28. The van der Waals surface area contributed by atoms with Gasteiger partial charge in [0.25, 0.3) is 12.3 Å². The second kappa shape index (κ2) is 10.1. The predicted molar refractivity (Wildman–Crippen MR) is 102 cm³/mol. The monoisotopic (exact) mass is 440 g/mol. The summed E-state index contributed by atoms with van der Waals surface area (Å²) in [7, 11) is 0. The lowest BCUT2D eigenvalue weighted by molar-refractivity contribution is 0.0655. The molecule has 0 bridgehead atoms. The molecule has 0 atom stereocenters. The predicted octanol–water partition coefficient (Wildman–Crippen LogP) is 2.67. The lowest BCUT2D eigenvalue weighted by Crippen LogP contribution is -2.53. The Hall–Kier alpha value is -3.37. The maximum atomic E-state index is 13.8. The number of benzene rings is 1. The van der Waals surface area contributed by atoms with E-state index in [4.69, 9.17) is 4.74 Å². The minimum atomic E-state index is -2.60. The van der Waals surface area contributed by atoms with E-state index in [9.17, 15) is 27.2 Å². The summed E-state index contributed by atoms with van der Waals surface area (Å²) in [6, 6.07) is 5.68. The van der Waals surface area contributed by atoms with Gasteiger partial charge in [-0.25, -0.2) is 22.4 Å². The minimum Gasteiger partial charge on any atom is -0.488 e. The number of aromatic nitrogens is 1. The lowest BCUT2D eigenvalue weighted by Gasteiger charge is -2.34. The number of urea groups is 1. The molecule has 0 aliphatic carbocycles. The number of halogens is 4. The van der Waals surface area contributed by atoms with Crippen LogP contribution in [0.5, 0.6) is 5.75 Å². The van der Waals surface area contributed by atoms with Crippen molar-refractivity contribution >= 4 is 11.9 Å². The molecule has 7 nitrogen and oxygen atoms in total. The Morgan fingerprint density at radius 1 is 1.06 bits per heavy atom. The van der Waals surface area contributed by atoms with Crippen LogP contribution < -0.4 is 10.1 Å². The van der Waals surface area contributed by atoms with Gasteiger partial charge >= 0.3 is 6.03 Å². The van der Waals surface area contributed by atoms with Gasteiger partial charge in [0.05, 0.1) is 12.2 Å². The van der Waals surface area contributed by atoms with Gasteiger partial charge in [-0.3, -0.25) is 9.78 Å². The highest BCUT2D eigenvalue weighted by Crippen LogP contribution is 2.16. The third-order valence-corrected chi connectivity index (χ3v) is 4.62. The van der Waals surface area contributed by atoms with Gasteiger partial charge in [0.15, 0.2) is 0 Å². The van der Waals surface area contributed by atoms with E-state index >= 15 is 0 Å². The maximum absolute atomic E-state index is 13.8. The Morgan fingerprint density at radius 3 is 2.35 bits per heavy atom. The molecule has 0 saturated carbocycles. The van der Waals surface area contributed by atoms with E-state index in [0.29, 0.717) is 5.69 Å². The van der Waals surface area contributed by atoms with Crippen LogP contribution in [-0.2, 0) is 6.54 Å². The molecule has 1 aromatic heterocycles. The Morgan fingerprint density at radius 2 is 1.71 bits per heavy atom. The number of ether oxygens (including phenoxy) is 1. The zero-order chi connectivity index (χ0) is 22.4. The van der Waals surface area contributed by atoms with Gasteiger partial charge < -0.3 is 19.9 Å². The zero-order valence-electron chi connectivity index (χ0n) is 16.4. The van der Waals surface area contributed by atoms with Crippen LogP contribution in [0.2, 0.25) is 0 Å². The highest BCUT2D eigenvalue weighted by atomic mass is 19.3. The number of amides is 3. The molecule has 1 N–H and O–H groups in total. The van der Waals surface area contributed by atoms with Crippen LogP contribution in [0.4, 0.5) is 22.4 Å². The molecule has 0 spiro atoms. The maximum Gasteiger partial charge on any atom is 0.317 e. The van der Waals surface area contributed by atoms with Crippen LogP contribution in [0.25, 0.3) is 0 Å². The van der Waals surface area contributed by atoms with Gasteiger partial charge in [-0.2, -0.15) is 0 Å². The van der Waals surface area contributed by atoms with E-state index in [0.717, 1.165) is 12.1 Å². The molecular formula is C20H20F4N4O3. The van der Waals surface area contributed by atoms with Crippen LogP contribution in [-0.4, -0.2) is 65.9 Å². The van der Waals surface area contributed by atoms with Gasteiger partial charge in [0.2, 0.25) is 0 Å². The molecule has 2 aromatic rings. The molecule has 0 radical (unpaired) electrons. The number of alkyl halides is 2. The molecule has 31 heavy (non-hydrogen) atoms. The summed E-state index contributed by atoms with van der Waals surface area (Å²) in [6.45, 7) is -0.0957. The molecule has 1 aliphatic heterocycles. The quantitative estimate of drug-likeness (QED) is 0.701. The Bertz CT molecular complexity index is 916. The first-order valence-electron chi connectivity index (χ1n) is 9.47. The Balaban J connectivity index is 1.49. The molecule has 2 heterocycles. The van der Waals surface area contributed by atoms with E-state index in [1.54, 1.807) is 0 Å². The number of carbonyl (C=O) groups excluding carboxylic acids is 2. The summed E-state index contributed by atoms with van der Waals surface area (Å²) in [5.41, 5.74) is -0.190. The second-order valence-electron chi connectivity index (χ2n) is 6.72. The number of piperazine rings is 1. The fourth-order valence-corrected chi connectivity index (χ4v) is 3.05. The summed E-state index contributed by atoms with van der Waals surface area (Å²) in [5, 5.41) is 2.65. The molecule has 1 saturated heterocycles. The van der Waals surface area contributed by atoms with Crippen LogP contribution >= 0.6 is 0 Å². The number of pyridine rings is 1. The molecule has 11 heteroatoms. The average Bonchev–Trinajstić information content (AvgIpc) is 2.76. The van der Waals surface area contributed by atoms with Crippen LogP contribution in [0, 0.1) is 11.6 Å². The summed E-state index contributed by atoms with van der Waals surface area (Å²) < 4.78 is 57.0. The molecule has 1 aromatic carbocycles. The van der Waals surface area contributed by atoms with Crippen molar-refractivity contribution < 1.29 is 31.9 Å². The summed E-state index contributed by atoms with van der Waals surface area (Å²) in [5.74, 6) is -2.41. The smallest absolute Gasteiger partial charge is 0.317 e. The van der Waals surface area contributed by atoms with E-state index in [1.807, 2.05) is 0 Å². The number of hydrogen-bond donors (Lipinski definition) is 1. The van der Waals surface area contributed by atoms with E-state index in [1.165, 1.54) is 34.2 Å². The van der Waals surface area contributed by atoms with Gasteiger partial charge in [0, 0.05) is 38.4 Å².